The van der Waals surface area contributed by atoms with Crippen LogP contribution in [0.3, 0.4) is 0 Å². The predicted molar refractivity (Wildman–Crippen MR) is 106 cm³/mol. The number of nitrogens with one attached hydrogen (secondary N) is 1. The SMILES string of the molecule is CS(=O)(=O)Cc1ccc(CNCc2csc(-c3ncccn3)n2)cc1.Cl. The number of thiazole rings is 1. The van der Waals surface area contributed by atoms with Gasteiger partial charge in [-0.2, -0.15) is 0 Å². The van der Waals surface area contributed by atoms with Crippen LogP contribution < -0.4 is 5.32 Å². The Morgan fingerprint density at radius 2 is 1.69 bits per heavy atom. The van der Waals surface area contributed by atoms with Crippen molar-refractivity contribution in [2.24, 2.45) is 0 Å². The molecule has 0 aliphatic carbocycles. The summed E-state index contributed by atoms with van der Waals surface area (Å²) in [7, 11) is -3.00. The second-order valence-electron chi connectivity index (χ2n) is 5.71. The highest BCUT2D eigenvalue weighted by atomic mass is 35.5. The molecule has 0 fully saturated rings. The summed E-state index contributed by atoms with van der Waals surface area (Å²) in [5, 5.41) is 6.14. The van der Waals surface area contributed by atoms with Crippen molar-refractivity contribution in [2.45, 2.75) is 18.8 Å². The average Bonchev–Trinajstić information content (AvgIpc) is 3.05. The number of hydrogen-bond donors (Lipinski definition) is 1. The molecule has 9 heteroatoms. The van der Waals surface area contributed by atoms with E-state index in [4.69, 9.17) is 0 Å². The lowest BCUT2D eigenvalue weighted by Crippen LogP contribution is -2.13. The third kappa shape index (κ3) is 6.14. The van der Waals surface area contributed by atoms with E-state index in [1.807, 2.05) is 29.6 Å². The van der Waals surface area contributed by atoms with Crippen molar-refractivity contribution in [3.8, 4) is 10.8 Å². The fraction of sp³-hybridized carbons (Fsp3) is 0.235. The Hall–Kier alpha value is -1.87. The van der Waals surface area contributed by atoms with Crippen molar-refractivity contribution >= 4 is 33.6 Å². The summed E-state index contributed by atoms with van der Waals surface area (Å²) in [6, 6.07) is 9.37. The Bertz CT molecular complexity index is 929. The van der Waals surface area contributed by atoms with Crippen LogP contribution >= 0.6 is 23.7 Å². The molecule has 0 amide bonds. The Labute approximate surface area is 163 Å². The van der Waals surface area contributed by atoms with Gasteiger partial charge in [0.2, 0.25) is 0 Å². The van der Waals surface area contributed by atoms with Crippen LogP contribution in [0.15, 0.2) is 48.1 Å². The average molecular weight is 411 g/mol. The molecule has 0 atom stereocenters. The van der Waals surface area contributed by atoms with E-state index in [2.05, 4.69) is 20.3 Å². The molecule has 26 heavy (non-hydrogen) atoms. The molecule has 0 spiro atoms. The molecular weight excluding hydrogens is 392 g/mol. The summed E-state index contributed by atoms with van der Waals surface area (Å²) in [5.41, 5.74) is 2.85. The molecule has 0 aliphatic heterocycles. The van der Waals surface area contributed by atoms with Gasteiger partial charge in [0.25, 0.3) is 0 Å². The van der Waals surface area contributed by atoms with Gasteiger partial charge in [0.15, 0.2) is 20.7 Å². The summed E-state index contributed by atoms with van der Waals surface area (Å²) in [4.78, 5) is 12.9. The number of sulfone groups is 1. The fourth-order valence-electron chi connectivity index (χ4n) is 2.29. The molecule has 2 heterocycles. The minimum atomic E-state index is -3.00. The van der Waals surface area contributed by atoms with E-state index in [0.29, 0.717) is 18.9 Å². The molecule has 2 aromatic heterocycles. The largest absolute Gasteiger partial charge is 0.307 e. The zero-order chi connectivity index (χ0) is 17.7. The van der Waals surface area contributed by atoms with Crippen LogP contribution in [0.4, 0.5) is 0 Å². The van der Waals surface area contributed by atoms with E-state index in [0.717, 1.165) is 21.8 Å². The zero-order valence-corrected chi connectivity index (χ0v) is 16.6. The molecule has 0 unspecified atom stereocenters. The number of nitrogens with zero attached hydrogens (tertiary/aromatic N) is 3. The van der Waals surface area contributed by atoms with Gasteiger partial charge in [-0.15, -0.1) is 23.7 Å². The number of halogens is 1. The fourth-order valence-corrected chi connectivity index (χ4v) is 3.85. The maximum atomic E-state index is 11.3. The maximum Gasteiger partial charge on any atom is 0.188 e. The molecule has 138 valence electrons. The number of rotatable bonds is 7. The standard InChI is InChI=1S/C17H18N4O2S2.ClH/c1-25(22,23)12-14-5-3-13(4-6-14)9-18-10-15-11-24-17(21-15)16-19-7-2-8-20-16;/h2-8,11,18H,9-10,12H2,1H3;1H. The van der Waals surface area contributed by atoms with Crippen LogP contribution in [0.25, 0.3) is 10.8 Å². The lowest BCUT2D eigenvalue weighted by molar-refractivity contribution is 0.601. The van der Waals surface area contributed by atoms with Crippen molar-refractivity contribution < 1.29 is 8.42 Å². The van der Waals surface area contributed by atoms with E-state index >= 15 is 0 Å². The Morgan fingerprint density at radius 1 is 1.04 bits per heavy atom. The van der Waals surface area contributed by atoms with Crippen LogP contribution in [0, 0.1) is 0 Å². The van der Waals surface area contributed by atoms with Gasteiger partial charge >= 0.3 is 0 Å². The van der Waals surface area contributed by atoms with Gasteiger partial charge in [-0.25, -0.2) is 23.4 Å². The van der Waals surface area contributed by atoms with Crippen LogP contribution in [0.2, 0.25) is 0 Å². The molecule has 3 aromatic rings. The summed E-state index contributed by atoms with van der Waals surface area (Å²) in [6.07, 6.45) is 4.65. The minimum Gasteiger partial charge on any atom is -0.307 e. The molecule has 0 saturated heterocycles. The second-order valence-corrected chi connectivity index (χ2v) is 8.70. The van der Waals surface area contributed by atoms with Gasteiger partial charge < -0.3 is 5.32 Å². The normalized spacial score (nSPS) is 11.1. The molecule has 0 radical (unpaired) electrons. The number of aromatic nitrogens is 3. The number of hydrogen-bond acceptors (Lipinski definition) is 7. The highest BCUT2D eigenvalue weighted by Crippen LogP contribution is 2.19. The monoisotopic (exact) mass is 410 g/mol. The van der Waals surface area contributed by atoms with Gasteiger partial charge in [-0.3, -0.25) is 0 Å². The van der Waals surface area contributed by atoms with E-state index in [1.165, 1.54) is 17.6 Å². The third-order valence-corrected chi connectivity index (χ3v) is 5.14. The predicted octanol–water partition coefficient (Wildman–Crippen LogP) is 2.86. The lowest BCUT2D eigenvalue weighted by atomic mass is 10.1. The van der Waals surface area contributed by atoms with E-state index in [1.54, 1.807) is 18.5 Å². The first-order valence-corrected chi connectivity index (χ1v) is 10.6. The van der Waals surface area contributed by atoms with Gasteiger partial charge in [-0.05, 0) is 17.2 Å². The lowest BCUT2D eigenvalue weighted by Gasteiger charge is -2.05. The molecule has 1 aromatic carbocycles. The summed E-state index contributed by atoms with van der Waals surface area (Å²) < 4.78 is 22.6. The van der Waals surface area contributed by atoms with Gasteiger partial charge in [0.05, 0.1) is 11.4 Å². The minimum absolute atomic E-state index is 0. The maximum absolute atomic E-state index is 11.3. The molecule has 6 nitrogen and oxygen atoms in total. The van der Waals surface area contributed by atoms with E-state index < -0.39 is 9.84 Å². The zero-order valence-electron chi connectivity index (χ0n) is 14.1. The smallest absolute Gasteiger partial charge is 0.188 e. The summed E-state index contributed by atoms with van der Waals surface area (Å²) in [6.45, 7) is 1.34. The Morgan fingerprint density at radius 3 is 2.35 bits per heavy atom. The van der Waals surface area contributed by atoms with Gasteiger partial charge in [0, 0.05) is 37.1 Å². The van der Waals surface area contributed by atoms with Crippen molar-refractivity contribution in [2.75, 3.05) is 6.26 Å². The van der Waals surface area contributed by atoms with Crippen LogP contribution in [0.1, 0.15) is 16.8 Å². The van der Waals surface area contributed by atoms with Crippen molar-refractivity contribution in [1.29, 1.82) is 0 Å². The van der Waals surface area contributed by atoms with Crippen molar-refractivity contribution in [3.05, 3.63) is 64.9 Å². The first-order valence-electron chi connectivity index (χ1n) is 7.68. The summed E-state index contributed by atoms with van der Waals surface area (Å²) >= 11 is 1.52. The van der Waals surface area contributed by atoms with Crippen LogP contribution in [-0.4, -0.2) is 29.6 Å². The van der Waals surface area contributed by atoms with Crippen LogP contribution in [0.5, 0.6) is 0 Å². The Kier molecular flexibility index (Phi) is 7.22. The number of benzene rings is 1. The van der Waals surface area contributed by atoms with E-state index in [9.17, 15) is 8.42 Å². The second kappa shape index (κ2) is 9.18. The van der Waals surface area contributed by atoms with Crippen molar-refractivity contribution in [1.82, 2.24) is 20.3 Å². The van der Waals surface area contributed by atoms with E-state index in [-0.39, 0.29) is 18.2 Å². The molecule has 0 saturated carbocycles. The summed E-state index contributed by atoms with van der Waals surface area (Å²) in [5.74, 6) is 0.712. The third-order valence-electron chi connectivity index (χ3n) is 3.40. The van der Waals surface area contributed by atoms with Gasteiger partial charge in [0.1, 0.15) is 0 Å². The molecule has 3 rings (SSSR count). The molecule has 0 bridgehead atoms. The Balaban J connectivity index is 0.00000243. The first kappa shape index (κ1) is 20.4. The molecular formula is C17H19ClN4O2S2. The topological polar surface area (TPSA) is 84.8 Å². The van der Waals surface area contributed by atoms with Crippen LogP contribution in [-0.2, 0) is 28.7 Å². The molecule has 0 aliphatic rings. The van der Waals surface area contributed by atoms with Gasteiger partial charge in [-0.1, -0.05) is 24.3 Å². The first-order chi connectivity index (χ1) is 12.0. The highest BCUT2D eigenvalue weighted by molar-refractivity contribution is 7.89. The highest BCUT2D eigenvalue weighted by Gasteiger charge is 2.07. The molecule has 1 N–H and O–H groups in total. The quantitative estimate of drug-likeness (QED) is 0.644. The van der Waals surface area contributed by atoms with Crippen molar-refractivity contribution in [3.63, 3.8) is 0 Å².